The summed E-state index contributed by atoms with van der Waals surface area (Å²) in [5, 5.41) is 27.2. The number of fused-ring (bicyclic) bond motifs is 2. The Hall–Kier alpha value is -5.33. The lowest BCUT2D eigenvalue weighted by molar-refractivity contribution is 0.0690. The maximum Gasteiger partial charge on any atom is 0.355 e. The smallest absolute Gasteiger partial charge is 0.355 e. The van der Waals surface area contributed by atoms with Gasteiger partial charge in [0.1, 0.15) is 0 Å². The fourth-order valence-corrected chi connectivity index (χ4v) is 7.76. The molecule has 1 aliphatic rings. The van der Waals surface area contributed by atoms with Gasteiger partial charge in [0.25, 0.3) is 0 Å². The predicted octanol–water partition coefficient (Wildman–Crippen LogP) is 7.90. The zero-order chi connectivity index (χ0) is 36.5. The largest absolute Gasteiger partial charge is 0.491 e. The first kappa shape index (κ1) is 36.5. The highest BCUT2D eigenvalue weighted by molar-refractivity contribution is 7.22. The molecule has 3 aromatic heterocycles. The van der Waals surface area contributed by atoms with Crippen LogP contribution in [0.2, 0.25) is 0 Å². The number of halogens is 1. The van der Waals surface area contributed by atoms with E-state index in [9.17, 15) is 14.3 Å². The van der Waals surface area contributed by atoms with E-state index >= 15 is 0 Å². The molecular formula is C36H37FN10O3S2. The Morgan fingerprint density at radius 2 is 2.06 bits per heavy atom. The molecular weight excluding hydrogens is 704 g/mol. The highest BCUT2D eigenvalue weighted by atomic mass is 32.1. The van der Waals surface area contributed by atoms with E-state index < -0.39 is 11.8 Å². The minimum Gasteiger partial charge on any atom is -0.491 e. The van der Waals surface area contributed by atoms with Crippen molar-refractivity contribution in [3.63, 3.8) is 0 Å². The lowest BCUT2D eigenvalue weighted by Crippen LogP contribution is -2.27. The summed E-state index contributed by atoms with van der Waals surface area (Å²) in [6.07, 6.45) is 4.24. The molecule has 0 bridgehead atoms. The van der Waals surface area contributed by atoms with Gasteiger partial charge in [0, 0.05) is 39.6 Å². The van der Waals surface area contributed by atoms with E-state index in [1.54, 1.807) is 23.5 Å². The number of benzene rings is 2. The summed E-state index contributed by atoms with van der Waals surface area (Å²) < 4.78 is 21.6. The number of aryl methyl sites for hydroxylation is 1. The number of nitrogens with one attached hydrogen (secondary N) is 1. The summed E-state index contributed by atoms with van der Waals surface area (Å²) in [5.74, 6) is 5.85. The van der Waals surface area contributed by atoms with Crippen molar-refractivity contribution in [2.24, 2.45) is 5.11 Å². The molecule has 0 fully saturated rings. The summed E-state index contributed by atoms with van der Waals surface area (Å²) in [5.41, 5.74) is 11.8. The first-order valence-corrected chi connectivity index (χ1v) is 18.5. The van der Waals surface area contributed by atoms with Crippen LogP contribution in [0.1, 0.15) is 57.7 Å². The molecule has 4 heterocycles. The molecule has 5 aromatic rings. The van der Waals surface area contributed by atoms with Gasteiger partial charge >= 0.3 is 5.97 Å². The fourth-order valence-electron chi connectivity index (χ4n) is 5.78. The van der Waals surface area contributed by atoms with Crippen LogP contribution in [-0.2, 0) is 12.8 Å². The number of carboxylic acids is 1. The molecule has 0 radical (unpaired) electrons. The second-order valence-corrected chi connectivity index (χ2v) is 14.3. The van der Waals surface area contributed by atoms with Crippen molar-refractivity contribution in [2.45, 2.75) is 45.4 Å². The van der Waals surface area contributed by atoms with E-state index in [1.807, 2.05) is 43.1 Å². The van der Waals surface area contributed by atoms with Crippen LogP contribution < -0.4 is 15.0 Å². The third kappa shape index (κ3) is 8.93. The van der Waals surface area contributed by atoms with Crippen LogP contribution in [0.25, 0.3) is 20.7 Å². The Bertz CT molecular complexity index is 2140. The van der Waals surface area contributed by atoms with E-state index in [4.69, 9.17) is 10.3 Å². The molecule has 0 aliphatic carbocycles. The molecule has 0 atom stereocenters. The third-order valence-corrected chi connectivity index (χ3v) is 10.5. The summed E-state index contributed by atoms with van der Waals surface area (Å²) in [4.78, 5) is 28.7. The van der Waals surface area contributed by atoms with E-state index in [1.165, 1.54) is 17.4 Å². The maximum atomic E-state index is 14.8. The van der Waals surface area contributed by atoms with Gasteiger partial charge in [-0.2, -0.15) is 0 Å². The average Bonchev–Trinajstić information content (AvgIpc) is 3.76. The van der Waals surface area contributed by atoms with Gasteiger partial charge in [-0.05, 0) is 94.9 Å². The second kappa shape index (κ2) is 17.3. The lowest BCUT2D eigenvalue weighted by atomic mass is 10.0. The number of unbranched alkanes of at least 4 members (excludes halogenated alkanes) is 1. The summed E-state index contributed by atoms with van der Waals surface area (Å²) in [6.45, 7) is 4.67. The number of carbonyl (C=O) groups is 1. The van der Waals surface area contributed by atoms with Crippen molar-refractivity contribution in [3.8, 4) is 17.6 Å². The Morgan fingerprint density at radius 3 is 2.87 bits per heavy atom. The Balaban J connectivity index is 1.05. The number of aromatic nitrogens is 4. The predicted molar refractivity (Wildman–Crippen MR) is 202 cm³/mol. The highest BCUT2D eigenvalue weighted by Gasteiger charge is 2.28. The van der Waals surface area contributed by atoms with Gasteiger partial charge in [0.05, 0.1) is 23.4 Å². The normalized spacial score (nSPS) is 12.3. The number of nitrogens with zero attached hydrogens (tertiary/aromatic N) is 9. The van der Waals surface area contributed by atoms with E-state index in [0.717, 1.165) is 58.7 Å². The second-order valence-electron chi connectivity index (χ2n) is 12.2. The van der Waals surface area contributed by atoms with E-state index in [0.29, 0.717) is 59.7 Å². The van der Waals surface area contributed by atoms with Crippen LogP contribution in [0.3, 0.4) is 0 Å². The number of azide groups is 1. The molecule has 1 aliphatic heterocycles. The summed E-state index contributed by atoms with van der Waals surface area (Å²) in [7, 11) is 1.95. The van der Waals surface area contributed by atoms with Crippen LogP contribution in [0, 0.1) is 24.6 Å². The van der Waals surface area contributed by atoms with Crippen LogP contribution in [0.4, 0.5) is 26.3 Å². The van der Waals surface area contributed by atoms with Gasteiger partial charge < -0.3 is 20.1 Å². The minimum absolute atomic E-state index is 0.00107. The molecule has 13 nitrogen and oxygen atoms in total. The molecule has 6 rings (SSSR count). The van der Waals surface area contributed by atoms with E-state index in [2.05, 4.69) is 52.2 Å². The van der Waals surface area contributed by atoms with Crippen LogP contribution >= 0.6 is 22.7 Å². The number of thiazole rings is 2. The zero-order valence-corrected chi connectivity index (χ0v) is 30.4. The SMILES string of the molecule is Cc1c(Nc2nc3ccccc3s2)nnc2c1CCCN2c1nc(C(=O)O)c(CCCOc2ccc(C#CCN(C)CCCCN=[N+]=[N-])cc2F)s1. The van der Waals surface area contributed by atoms with Gasteiger partial charge in [-0.15, -0.1) is 21.5 Å². The van der Waals surface area contributed by atoms with Gasteiger partial charge in [-0.1, -0.05) is 40.4 Å². The van der Waals surface area contributed by atoms with Crippen molar-refractivity contribution in [3.05, 3.63) is 86.0 Å². The monoisotopic (exact) mass is 740 g/mol. The molecule has 0 saturated heterocycles. The quantitative estimate of drug-likeness (QED) is 0.0354. The fraction of sp³-hybridized carbons (Fsp3) is 0.361. The van der Waals surface area contributed by atoms with Crippen LogP contribution in [-0.4, -0.2) is 76.0 Å². The number of hydrogen-bond acceptors (Lipinski definition) is 12. The Labute approximate surface area is 308 Å². The number of carboxylic acid groups (broad SMARTS) is 1. The number of rotatable bonds is 15. The van der Waals surface area contributed by atoms with E-state index in [-0.39, 0.29) is 18.1 Å². The summed E-state index contributed by atoms with van der Waals surface area (Å²) >= 11 is 2.87. The Kier molecular flexibility index (Phi) is 12.1. The topological polar surface area (TPSA) is 165 Å². The molecule has 2 N–H and O–H groups in total. The Morgan fingerprint density at radius 1 is 1.19 bits per heavy atom. The lowest BCUT2D eigenvalue weighted by Gasteiger charge is -2.28. The highest BCUT2D eigenvalue weighted by Crippen LogP contribution is 2.39. The van der Waals surface area contributed by atoms with Gasteiger partial charge in [0.15, 0.2) is 39.2 Å². The van der Waals surface area contributed by atoms with Crippen molar-refractivity contribution < 1.29 is 19.0 Å². The van der Waals surface area contributed by atoms with Crippen molar-refractivity contribution >= 4 is 60.8 Å². The molecule has 0 spiro atoms. The number of hydrogen-bond donors (Lipinski definition) is 2. The first-order chi connectivity index (χ1) is 25.3. The van der Waals surface area contributed by atoms with Crippen molar-refractivity contribution in [2.75, 3.05) is 50.1 Å². The zero-order valence-electron chi connectivity index (χ0n) is 28.8. The number of para-hydroxylation sites is 1. The molecule has 0 amide bonds. The molecule has 52 heavy (non-hydrogen) atoms. The van der Waals surface area contributed by atoms with Gasteiger partial charge in [-0.25, -0.2) is 19.2 Å². The maximum absolute atomic E-state index is 14.8. The molecule has 16 heteroatoms. The van der Waals surface area contributed by atoms with Crippen LogP contribution in [0.5, 0.6) is 5.75 Å². The molecule has 0 saturated carbocycles. The average molecular weight is 741 g/mol. The molecule has 268 valence electrons. The number of ether oxygens (including phenoxy) is 1. The molecule has 0 unspecified atom stereocenters. The van der Waals surface area contributed by atoms with Crippen molar-refractivity contribution in [1.29, 1.82) is 0 Å². The van der Waals surface area contributed by atoms with Crippen LogP contribution in [0.15, 0.2) is 47.6 Å². The molecule has 2 aromatic carbocycles. The number of anilines is 4. The number of aromatic carboxylic acids is 1. The standard InChI is InChI=1S/C36H37FN10O3S2/c1-23-25-11-8-20-47(33(25)44-43-32(23)42-35-40-27-12-3-4-13-29(27)51-35)36-41-31(34(48)49)30(52-36)14-9-21-50-28-16-15-24(22-26(28)37)10-7-19-46(2)18-6-5-17-39-45-38/h3-4,12-13,15-16,22H,5-6,8-9,11,14,17-21H2,1-2H3,(H,48,49)(H,40,42,43). The summed E-state index contributed by atoms with van der Waals surface area (Å²) in [6, 6.07) is 12.6. The first-order valence-electron chi connectivity index (χ1n) is 16.9. The van der Waals surface area contributed by atoms with Gasteiger partial charge in [-0.3, -0.25) is 4.90 Å². The third-order valence-electron chi connectivity index (χ3n) is 8.46. The van der Waals surface area contributed by atoms with Gasteiger partial charge in [0.2, 0.25) is 0 Å². The minimum atomic E-state index is -1.10. The van der Waals surface area contributed by atoms with Crippen molar-refractivity contribution in [1.82, 2.24) is 25.1 Å².